The number of pyridine rings is 1. The Morgan fingerprint density at radius 1 is 0.857 bits per heavy atom. The Hall–Kier alpha value is -3.27. The first-order valence-corrected chi connectivity index (χ1v) is 9.67. The van der Waals surface area contributed by atoms with Crippen LogP contribution in [-0.4, -0.2) is 25.2 Å². The molecule has 0 aliphatic carbocycles. The van der Waals surface area contributed by atoms with Crippen molar-refractivity contribution >= 4 is 33.2 Å². The van der Waals surface area contributed by atoms with Gasteiger partial charge in [0.2, 0.25) is 0 Å². The van der Waals surface area contributed by atoms with Gasteiger partial charge in [-0.1, -0.05) is 24.3 Å². The van der Waals surface area contributed by atoms with Gasteiger partial charge in [-0.15, -0.1) is 0 Å². The fourth-order valence-electron chi connectivity index (χ4n) is 3.81. The highest BCUT2D eigenvalue weighted by molar-refractivity contribution is 6.10. The molecular formula is C24H25N3O. The lowest BCUT2D eigenvalue weighted by molar-refractivity contribution is 0.415. The van der Waals surface area contributed by atoms with Gasteiger partial charge in [0.25, 0.3) is 0 Å². The number of hydrogen-bond donors (Lipinski definition) is 1. The van der Waals surface area contributed by atoms with E-state index in [-0.39, 0.29) is 0 Å². The van der Waals surface area contributed by atoms with E-state index < -0.39 is 0 Å². The largest absolute Gasteiger partial charge is 0.497 e. The zero-order valence-corrected chi connectivity index (χ0v) is 16.6. The molecule has 1 aromatic heterocycles. The molecule has 1 heterocycles. The van der Waals surface area contributed by atoms with E-state index in [2.05, 4.69) is 55.1 Å². The highest BCUT2D eigenvalue weighted by Crippen LogP contribution is 2.37. The number of rotatable bonds is 5. The number of ether oxygens (including phenoxy) is 1. The van der Waals surface area contributed by atoms with Crippen molar-refractivity contribution in [2.24, 2.45) is 0 Å². The summed E-state index contributed by atoms with van der Waals surface area (Å²) in [6, 6.07) is 20.7. The number of fused-ring (bicyclic) bond motifs is 2. The summed E-state index contributed by atoms with van der Waals surface area (Å²) in [6.07, 6.45) is 0. The lowest BCUT2D eigenvalue weighted by Crippen LogP contribution is -2.21. The number of benzene rings is 3. The number of hydrogen-bond acceptors (Lipinski definition) is 4. The van der Waals surface area contributed by atoms with E-state index in [9.17, 15) is 0 Å². The van der Waals surface area contributed by atoms with Crippen LogP contribution in [-0.2, 0) is 0 Å². The maximum absolute atomic E-state index is 6.05. The SMILES string of the molecule is CCN(CC)c1ccc2c(-c3ccc(OC)cc3)c3ccc(N)cc3nc2c1. The molecule has 28 heavy (non-hydrogen) atoms. The maximum Gasteiger partial charge on any atom is 0.118 e. The van der Waals surface area contributed by atoms with Crippen LogP contribution in [0.5, 0.6) is 5.75 Å². The number of anilines is 2. The minimum absolute atomic E-state index is 0.722. The molecule has 3 aromatic carbocycles. The summed E-state index contributed by atoms with van der Waals surface area (Å²) >= 11 is 0. The van der Waals surface area contributed by atoms with E-state index >= 15 is 0 Å². The number of nitrogen functional groups attached to an aromatic ring is 1. The van der Waals surface area contributed by atoms with E-state index in [1.807, 2.05) is 24.3 Å². The van der Waals surface area contributed by atoms with Crippen molar-refractivity contribution in [1.29, 1.82) is 0 Å². The Morgan fingerprint density at radius 3 is 2.14 bits per heavy atom. The van der Waals surface area contributed by atoms with Crippen LogP contribution in [0, 0.1) is 0 Å². The summed E-state index contributed by atoms with van der Waals surface area (Å²) in [5.41, 5.74) is 12.2. The molecule has 0 amide bonds. The Balaban J connectivity index is 2.03. The number of nitrogens with zero attached hydrogens (tertiary/aromatic N) is 2. The van der Waals surface area contributed by atoms with Gasteiger partial charge in [-0.05, 0) is 55.8 Å². The molecule has 0 saturated carbocycles. The highest BCUT2D eigenvalue weighted by Gasteiger charge is 2.13. The molecular weight excluding hydrogens is 346 g/mol. The standard InChI is InChI=1S/C24H25N3O/c1-4-27(5-2)18-9-13-21-23(15-18)26-22-14-17(25)8-12-20(22)24(21)16-6-10-19(28-3)11-7-16/h6-15H,4-5,25H2,1-3H3. The van der Waals surface area contributed by atoms with Crippen molar-refractivity contribution in [1.82, 2.24) is 4.98 Å². The van der Waals surface area contributed by atoms with E-state index in [0.717, 1.165) is 51.9 Å². The zero-order chi connectivity index (χ0) is 19.7. The summed E-state index contributed by atoms with van der Waals surface area (Å²) in [6.45, 7) is 6.28. The van der Waals surface area contributed by atoms with Gasteiger partial charge in [0.1, 0.15) is 5.75 Å². The van der Waals surface area contributed by atoms with Gasteiger partial charge in [0, 0.05) is 40.8 Å². The van der Waals surface area contributed by atoms with Crippen LogP contribution in [0.3, 0.4) is 0 Å². The molecule has 0 aliphatic rings. The van der Waals surface area contributed by atoms with Crippen LogP contribution in [0.4, 0.5) is 11.4 Å². The first kappa shape index (κ1) is 18.1. The third-order valence-corrected chi connectivity index (χ3v) is 5.29. The molecule has 0 bridgehead atoms. The predicted octanol–water partition coefficient (Wildman–Crippen LogP) is 5.49. The summed E-state index contributed by atoms with van der Waals surface area (Å²) in [7, 11) is 1.68. The lowest BCUT2D eigenvalue weighted by atomic mass is 9.95. The zero-order valence-electron chi connectivity index (χ0n) is 16.6. The van der Waals surface area contributed by atoms with Crippen LogP contribution in [0.25, 0.3) is 32.9 Å². The van der Waals surface area contributed by atoms with Crippen molar-refractivity contribution < 1.29 is 4.74 Å². The second-order valence-corrected chi connectivity index (χ2v) is 6.87. The summed E-state index contributed by atoms with van der Waals surface area (Å²) in [4.78, 5) is 7.27. The monoisotopic (exact) mass is 371 g/mol. The first-order chi connectivity index (χ1) is 13.6. The van der Waals surface area contributed by atoms with Crippen molar-refractivity contribution in [2.45, 2.75) is 13.8 Å². The van der Waals surface area contributed by atoms with Crippen molar-refractivity contribution in [2.75, 3.05) is 30.8 Å². The Morgan fingerprint density at radius 2 is 1.50 bits per heavy atom. The first-order valence-electron chi connectivity index (χ1n) is 9.67. The highest BCUT2D eigenvalue weighted by atomic mass is 16.5. The summed E-state index contributed by atoms with van der Waals surface area (Å²) in [5.74, 6) is 0.847. The van der Waals surface area contributed by atoms with Crippen molar-refractivity contribution in [3.8, 4) is 16.9 Å². The topological polar surface area (TPSA) is 51.4 Å². The molecule has 4 aromatic rings. The Bertz CT molecular complexity index is 1130. The molecule has 0 atom stereocenters. The van der Waals surface area contributed by atoms with Gasteiger partial charge >= 0.3 is 0 Å². The van der Waals surface area contributed by atoms with Crippen LogP contribution < -0.4 is 15.4 Å². The van der Waals surface area contributed by atoms with E-state index in [1.165, 1.54) is 11.3 Å². The second kappa shape index (κ2) is 7.39. The molecule has 0 unspecified atom stereocenters. The summed E-state index contributed by atoms with van der Waals surface area (Å²) in [5, 5.41) is 2.24. The van der Waals surface area contributed by atoms with Crippen molar-refractivity contribution in [3.05, 3.63) is 60.7 Å². The molecule has 4 rings (SSSR count). The van der Waals surface area contributed by atoms with E-state index in [4.69, 9.17) is 15.5 Å². The Labute approximate surface area is 165 Å². The number of aromatic nitrogens is 1. The minimum atomic E-state index is 0.722. The normalized spacial score (nSPS) is 11.1. The molecule has 4 nitrogen and oxygen atoms in total. The van der Waals surface area contributed by atoms with Crippen LogP contribution >= 0.6 is 0 Å². The Kier molecular flexibility index (Phi) is 4.78. The lowest BCUT2D eigenvalue weighted by Gasteiger charge is -2.22. The molecule has 2 N–H and O–H groups in total. The van der Waals surface area contributed by atoms with Gasteiger partial charge < -0.3 is 15.4 Å². The van der Waals surface area contributed by atoms with Gasteiger partial charge in [-0.25, -0.2) is 4.98 Å². The van der Waals surface area contributed by atoms with Gasteiger partial charge in [0.05, 0.1) is 18.1 Å². The van der Waals surface area contributed by atoms with Crippen LogP contribution in [0.2, 0.25) is 0 Å². The summed E-state index contributed by atoms with van der Waals surface area (Å²) < 4.78 is 5.33. The third kappa shape index (κ3) is 3.11. The fraction of sp³-hybridized carbons (Fsp3) is 0.208. The predicted molar refractivity (Wildman–Crippen MR) is 119 cm³/mol. The fourth-order valence-corrected chi connectivity index (χ4v) is 3.81. The minimum Gasteiger partial charge on any atom is -0.497 e. The van der Waals surface area contributed by atoms with Gasteiger partial charge in [0.15, 0.2) is 0 Å². The second-order valence-electron chi connectivity index (χ2n) is 6.87. The maximum atomic E-state index is 6.05. The van der Waals surface area contributed by atoms with Crippen LogP contribution in [0.15, 0.2) is 60.7 Å². The average Bonchev–Trinajstić information content (AvgIpc) is 2.73. The smallest absolute Gasteiger partial charge is 0.118 e. The van der Waals surface area contributed by atoms with Crippen molar-refractivity contribution in [3.63, 3.8) is 0 Å². The molecule has 0 fully saturated rings. The number of methoxy groups -OCH3 is 1. The molecule has 4 heteroatoms. The molecule has 142 valence electrons. The molecule has 0 spiro atoms. The number of nitrogens with two attached hydrogens (primary N) is 1. The molecule has 0 aliphatic heterocycles. The van der Waals surface area contributed by atoms with E-state index in [0.29, 0.717) is 0 Å². The van der Waals surface area contributed by atoms with Gasteiger partial charge in [-0.2, -0.15) is 0 Å². The molecule has 0 saturated heterocycles. The third-order valence-electron chi connectivity index (χ3n) is 5.29. The van der Waals surface area contributed by atoms with Gasteiger partial charge in [-0.3, -0.25) is 0 Å². The quantitative estimate of drug-likeness (QED) is 0.372. The van der Waals surface area contributed by atoms with E-state index in [1.54, 1.807) is 7.11 Å². The molecule has 0 radical (unpaired) electrons. The van der Waals surface area contributed by atoms with Crippen LogP contribution in [0.1, 0.15) is 13.8 Å². The average molecular weight is 371 g/mol.